The molecule has 0 fully saturated rings. The normalized spacial score (nSPS) is 12.8. The van der Waals surface area contributed by atoms with Crippen molar-refractivity contribution in [2.24, 2.45) is 0 Å². The highest BCUT2D eigenvalue weighted by Gasteiger charge is 2.36. The molecule has 24 heavy (non-hydrogen) atoms. The third-order valence-electron chi connectivity index (χ3n) is 3.52. The topological polar surface area (TPSA) is 66.4 Å². The third kappa shape index (κ3) is 5.26. The van der Waals surface area contributed by atoms with Crippen LogP contribution in [0.5, 0.6) is 0 Å². The van der Waals surface area contributed by atoms with Crippen molar-refractivity contribution >= 4 is 22.6 Å². The number of aliphatic carboxylic acids is 1. The Bertz CT molecular complexity index is 743. The van der Waals surface area contributed by atoms with Crippen LogP contribution in [-0.4, -0.2) is 29.2 Å². The van der Waals surface area contributed by atoms with Crippen LogP contribution in [0.1, 0.15) is 18.4 Å². The summed E-state index contributed by atoms with van der Waals surface area (Å²) in [7, 11) is 0. The van der Waals surface area contributed by atoms with Gasteiger partial charge < -0.3 is 10.4 Å². The van der Waals surface area contributed by atoms with Crippen LogP contribution in [0.15, 0.2) is 42.5 Å². The van der Waals surface area contributed by atoms with Gasteiger partial charge >= 0.3 is 12.1 Å². The maximum absolute atomic E-state index is 12.3. The Hall–Kier alpha value is -2.57. The number of alkyl halides is 3. The summed E-state index contributed by atoms with van der Waals surface area (Å²) in [5, 5.41) is 12.7. The van der Waals surface area contributed by atoms with Gasteiger partial charge in [0.15, 0.2) is 0 Å². The van der Waals surface area contributed by atoms with E-state index < -0.39 is 30.5 Å². The lowest BCUT2D eigenvalue weighted by Gasteiger charge is -2.16. The molecule has 0 heterocycles. The van der Waals surface area contributed by atoms with E-state index in [2.05, 4.69) is 0 Å². The summed E-state index contributed by atoms with van der Waals surface area (Å²) >= 11 is 0. The lowest BCUT2D eigenvalue weighted by atomic mass is 10.0. The smallest absolute Gasteiger partial charge is 0.391 e. The van der Waals surface area contributed by atoms with Crippen molar-refractivity contribution in [2.75, 3.05) is 0 Å². The number of carbonyl (C=O) groups excluding carboxylic acids is 1. The number of rotatable bonds is 6. The number of carboxylic acids is 1. The first-order valence-corrected chi connectivity index (χ1v) is 7.31. The summed E-state index contributed by atoms with van der Waals surface area (Å²) in [5.74, 6) is -2.42. The molecule has 0 bridgehead atoms. The minimum atomic E-state index is -4.66. The average Bonchev–Trinajstić information content (AvgIpc) is 2.50. The van der Waals surface area contributed by atoms with E-state index in [1.807, 2.05) is 47.8 Å². The molecule has 0 radical (unpaired) electrons. The SMILES string of the molecule is O=C(CCc1ccc2ccccc2c1)NC(CC(F)(F)F)C(=O)O. The van der Waals surface area contributed by atoms with Gasteiger partial charge in [-0.05, 0) is 22.8 Å². The number of hydrogen-bond donors (Lipinski definition) is 2. The quantitative estimate of drug-likeness (QED) is 0.849. The van der Waals surface area contributed by atoms with Gasteiger partial charge in [-0.25, -0.2) is 4.79 Å². The Kier molecular flexibility index (Phi) is 5.43. The molecule has 4 nitrogen and oxygen atoms in total. The number of amides is 1. The van der Waals surface area contributed by atoms with Gasteiger partial charge in [0, 0.05) is 6.42 Å². The summed E-state index contributed by atoms with van der Waals surface area (Å²) in [5.41, 5.74) is 0.853. The third-order valence-corrected chi connectivity index (χ3v) is 3.52. The predicted molar refractivity (Wildman–Crippen MR) is 82.5 cm³/mol. The highest BCUT2D eigenvalue weighted by Crippen LogP contribution is 2.22. The van der Waals surface area contributed by atoms with Crippen molar-refractivity contribution in [3.63, 3.8) is 0 Å². The van der Waals surface area contributed by atoms with E-state index >= 15 is 0 Å². The Morgan fingerprint density at radius 2 is 1.75 bits per heavy atom. The minimum absolute atomic E-state index is 0.0834. The van der Waals surface area contributed by atoms with Crippen LogP contribution in [0.4, 0.5) is 13.2 Å². The molecule has 2 aromatic rings. The number of benzene rings is 2. The van der Waals surface area contributed by atoms with Crippen LogP contribution in [0.25, 0.3) is 10.8 Å². The molecule has 2 rings (SSSR count). The summed E-state index contributed by atoms with van der Waals surface area (Å²) in [6, 6.07) is 11.3. The van der Waals surface area contributed by atoms with Crippen LogP contribution < -0.4 is 5.32 Å². The van der Waals surface area contributed by atoms with Crippen LogP contribution in [0, 0.1) is 0 Å². The van der Waals surface area contributed by atoms with Gasteiger partial charge in [-0.1, -0.05) is 42.5 Å². The highest BCUT2D eigenvalue weighted by atomic mass is 19.4. The van der Waals surface area contributed by atoms with E-state index in [9.17, 15) is 22.8 Å². The largest absolute Gasteiger partial charge is 0.480 e. The van der Waals surface area contributed by atoms with Crippen molar-refractivity contribution in [1.82, 2.24) is 5.32 Å². The molecule has 2 aromatic carbocycles. The molecule has 0 aliphatic heterocycles. The number of halogens is 3. The van der Waals surface area contributed by atoms with Crippen molar-refractivity contribution in [2.45, 2.75) is 31.5 Å². The van der Waals surface area contributed by atoms with Crippen molar-refractivity contribution in [1.29, 1.82) is 0 Å². The first-order valence-electron chi connectivity index (χ1n) is 7.31. The van der Waals surface area contributed by atoms with Gasteiger partial charge in [0.25, 0.3) is 0 Å². The zero-order valence-corrected chi connectivity index (χ0v) is 12.6. The number of carboxylic acid groups (broad SMARTS) is 1. The average molecular weight is 339 g/mol. The van der Waals surface area contributed by atoms with Crippen molar-refractivity contribution < 1.29 is 27.9 Å². The Morgan fingerprint density at radius 1 is 1.08 bits per heavy atom. The molecule has 1 unspecified atom stereocenters. The molecule has 0 spiro atoms. The fourth-order valence-electron chi connectivity index (χ4n) is 2.35. The lowest BCUT2D eigenvalue weighted by Crippen LogP contribution is -2.43. The zero-order chi connectivity index (χ0) is 17.7. The fourth-order valence-corrected chi connectivity index (χ4v) is 2.35. The van der Waals surface area contributed by atoms with Gasteiger partial charge in [-0.3, -0.25) is 4.79 Å². The molecular formula is C17H16F3NO3. The minimum Gasteiger partial charge on any atom is -0.480 e. The Balaban J connectivity index is 1.94. The van der Waals surface area contributed by atoms with Crippen molar-refractivity contribution in [3.8, 4) is 0 Å². The lowest BCUT2D eigenvalue weighted by molar-refractivity contribution is -0.160. The highest BCUT2D eigenvalue weighted by molar-refractivity contribution is 5.85. The summed E-state index contributed by atoms with van der Waals surface area (Å²) in [4.78, 5) is 22.6. The molecule has 1 amide bonds. The van der Waals surface area contributed by atoms with E-state index in [4.69, 9.17) is 5.11 Å². The molecule has 0 aromatic heterocycles. The maximum Gasteiger partial charge on any atom is 0.391 e. The van der Waals surface area contributed by atoms with E-state index in [0.29, 0.717) is 6.42 Å². The second kappa shape index (κ2) is 7.33. The van der Waals surface area contributed by atoms with Crippen LogP contribution >= 0.6 is 0 Å². The molecule has 0 saturated heterocycles. The first-order chi connectivity index (χ1) is 11.2. The number of nitrogens with one attached hydrogen (secondary N) is 1. The number of carbonyl (C=O) groups is 2. The van der Waals surface area contributed by atoms with Gasteiger partial charge in [0.2, 0.25) is 5.91 Å². The van der Waals surface area contributed by atoms with Gasteiger partial charge in [-0.15, -0.1) is 0 Å². The van der Waals surface area contributed by atoms with E-state index in [0.717, 1.165) is 16.3 Å². The second-order valence-corrected chi connectivity index (χ2v) is 5.46. The zero-order valence-electron chi connectivity index (χ0n) is 12.6. The molecule has 0 saturated carbocycles. The van der Waals surface area contributed by atoms with E-state index in [-0.39, 0.29) is 6.42 Å². The van der Waals surface area contributed by atoms with Gasteiger partial charge in [0.05, 0.1) is 6.42 Å². The standard InChI is InChI=1S/C17H16F3NO3/c18-17(19,20)10-14(16(23)24)21-15(22)8-6-11-5-7-12-3-1-2-4-13(12)9-11/h1-5,7,9,14H,6,8,10H2,(H,21,22)(H,23,24). The molecule has 0 aliphatic carbocycles. The summed E-state index contributed by atoms with van der Waals surface area (Å²) < 4.78 is 36.9. The monoisotopic (exact) mass is 339 g/mol. The Morgan fingerprint density at radius 3 is 2.38 bits per heavy atom. The van der Waals surface area contributed by atoms with Crippen LogP contribution in [0.3, 0.4) is 0 Å². The summed E-state index contributed by atoms with van der Waals surface area (Å²) in [6.07, 6.45) is -6.02. The predicted octanol–water partition coefficient (Wildman–Crippen LogP) is 3.29. The Labute approximate surface area is 136 Å². The van der Waals surface area contributed by atoms with Crippen molar-refractivity contribution in [3.05, 3.63) is 48.0 Å². The van der Waals surface area contributed by atoms with E-state index in [1.165, 1.54) is 0 Å². The maximum atomic E-state index is 12.3. The molecule has 2 N–H and O–H groups in total. The molecule has 128 valence electrons. The van der Waals surface area contributed by atoms with Crippen LogP contribution in [0.2, 0.25) is 0 Å². The number of aryl methyl sites for hydroxylation is 1. The second-order valence-electron chi connectivity index (χ2n) is 5.46. The molecular weight excluding hydrogens is 323 g/mol. The fraction of sp³-hybridized carbons (Fsp3) is 0.294. The summed E-state index contributed by atoms with van der Waals surface area (Å²) in [6.45, 7) is 0. The first kappa shape index (κ1) is 17.8. The van der Waals surface area contributed by atoms with Crippen LogP contribution in [-0.2, 0) is 16.0 Å². The molecule has 1 atom stereocenters. The van der Waals surface area contributed by atoms with Gasteiger partial charge in [-0.2, -0.15) is 13.2 Å². The molecule has 0 aliphatic rings. The molecule has 7 heteroatoms. The number of fused-ring (bicyclic) bond motifs is 1. The van der Waals surface area contributed by atoms with Gasteiger partial charge in [0.1, 0.15) is 6.04 Å². The number of hydrogen-bond acceptors (Lipinski definition) is 2. The van der Waals surface area contributed by atoms with E-state index in [1.54, 1.807) is 0 Å².